The molecule has 1 aromatic carbocycles. The van der Waals surface area contributed by atoms with Crippen LogP contribution < -0.4 is 4.31 Å². The molecule has 23 heavy (non-hydrogen) atoms. The van der Waals surface area contributed by atoms with Crippen LogP contribution in [-0.4, -0.2) is 39.6 Å². The summed E-state index contributed by atoms with van der Waals surface area (Å²) >= 11 is -2.14. The quantitative estimate of drug-likeness (QED) is 0.657. The maximum atomic E-state index is 11.7. The molecule has 0 saturated carbocycles. The first-order valence-electron chi connectivity index (χ1n) is 7.55. The topological polar surface area (TPSA) is 76.1 Å². The van der Waals surface area contributed by atoms with E-state index >= 15 is 0 Å². The Morgan fingerprint density at radius 2 is 2.09 bits per heavy atom. The van der Waals surface area contributed by atoms with Gasteiger partial charge in [0, 0.05) is 0 Å². The van der Waals surface area contributed by atoms with Gasteiger partial charge in [-0.05, 0) is 45.2 Å². The SMILES string of the molecule is CC(C)(C)OC(=O)COCC1CCc2ccccc2N1S(=O)O. The molecule has 0 aromatic heterocycles. The Labute approximate surface area is 139 Å². The molecule has 0 spiro atoms. The number of benzene rings is 1. The number of carbonyl (C=O) groups excluding carboxylic acids is 1. The molecule has 0 amide bonds. The standard InChI is InChI=1S/C16H23NO5S/c1-16(2,3)22-15(18)11-21-10-13-9-8-12-6-4-5-7-14(12)17(13)23(19)20/h4-7,13H,8-11H2,1-3H3,(H,19,20). The van der Waals surface area contributed by atoms with Crippen LogP contribution in [0.4, 0.5) is 5.69 Å². The smallest absolute Gasteiger partial charge is 0.332 e. The van der Waals surface area contributed by atoms with Crippen LogP contribution in [0.2, 0.25) is 0 Å². The number of aryl methyl sites for hydroxylation is 1. The monoisotopic (exact) mass is 341 g/mol. The van der Waals surface area contributed by atoms with Crippen molar-refractivity contribution >= 4 is 22.9 Å². The second-order valence-electron chi connectivity index (χ2n) is 6.48. The van der Waals surface area contributed by atoms with Gasteiger partial charge in [-0.15, -0.1) is 0 Å². The van der Waals surface area contributed by atoms with Gasteiger partial charge in [0.15, 0.2) is 0 Å². The molecule has 1 heterocycles. The number of hydrogen-bond donors (Lipinski definition) is 1. The summed E-state index contributed by atoms with van der Waals surface area (Å²) in [6, 6.07) is 7.27. The second-order valence-corrected chi connectivity index (χ2v) is 7.33. The highest BCUT2D eigenvalue weighted by Crippen LogP contribution is 2.31. The Hall–Kier alpha value is -1.44. The van der Waals surface area contributed by atoms with E-state index < -0.39 is 22.8 Å². The number of ether oxygens (including phenoxy) is 2. The summed E-state index contributed by atoms with van der Waals surface area (Å²) in [4.78, 5) is 11.6. The molecule has 2 unspecified atom stereocenters. The molecule has 0 fully saturated rings. The van der Waals surface area contributed by atoms with Gasteiger partial charge in [-0.2, -0.15) is 0 Å². The third kappa shape index (κ3) is 5.02. The fourth-order valence-corrected chi connectivity index (χ4v) is 3.35. The van der Waals surface area contributed by atoms with Crippen LogP contribution in [-0.2, 0) is 32.0 Å². The largest absolute Gasteiger partial charge is 0.458 e. The minimum absolute atomic E-state index is 0.165. The van der Waals surface area contributed by atoms with Crippen molar-refractivity contribution in [3.8, 4) is 0 Å². The molecule has 1 aliphatic rings. The zero-order valence-electron chi connectivity index (χ0n) is 13.7. The van der Waals surface area contributed by atoms with Gasteiger partial charge in [0.25, 0.3) is 11.3 Å². The minimum atomic E-state index is -2.14. The van der Waals surface area contributed by atoms with Crippen molar-refractivity contribution < 1.29 is 23.0 Å². The summed E-state index contributed by atoms with van der Waals surface area (Å²) in [5.41, 5.74) is 1.23. The second kappa shape index (κ2) is 7.42. The van der Waals surface area contributed by atoms with E-state index in [1.807, 2.05) is 24.3 Å². The highest BCUT2D eigenvalue weighted by molar-refractivity contribution is 7.80. The minimum Gasteiger partial charge on any atom is -0.458 e. The maximum absolute atomic E-state index is 11.7. The highest BCUT2D eigenvalue weighted by atomic mass is 32.2. The molecular formula is C16H23NO5S. The first-order valence-corrected chi connectivity index (χ1v) is 8.62. The summed E-state index contributed by atoms with van der Waals surface area (Å²) in [5.74, 6) is -0.439. The Balaban J connectivity index is 1.95. The van der Waals surface area contributed by atoms with Gasteiger partial charge in [-0.1, -0.05) is 18.2 Å². The first-order chi connectivity index (χ1) is 10.8. The number of nitrogens with zero attached hydrogens (tertiary/aromatic N) is 1. The van der Waals surface area contributed by atoms with Crippen molar-refractivity contribution in [3.63, 3.8) is 0 Å². The van der Waals surface area contributed by atoms with Gasteiger partial charge in [-0.25, -0.2) is 9.00 Å². The Morgan fingerprint density at radius 3 is 2.74 bits per heavy atom. The Kier molecular flexibility index (Phi) is 5.78. The van der Waals surface area contributed by atoms with Crippen LogP contribution in [0.1, 0.15) is 32.8 Å². The zero-order chi connectivity index (χ0) is 17.0. The lowest BCUT2D eigenvalue weighted by molar-refractivity contribution is -0.160. The number of carbonyl (C=O) groups is 1. The van der Waals surface area contributed by atoms with Gasteiger partial charge in [0.2, 0.25) is 0 Å². The maximum Gasteiger partial charge on any atom is 0.332 e. The van der Waals surface area contributed by atoms with Gasteiger partial charge < -0.3 is 9.47 Å². The lowest BCUT2D eigenvalue weighted by Gasteiger charge is -2.35. The molecule has 2 atom stereocenters. The Morgan fingerprint density at radius 1 is 1.39 bits per heavy atom. The van der Waals surface area contributed by atoms with E-state index in [1.54, 1.807) is 20.8 Å². The number of esters is 1. The lowest BCUT2D eigenvalue weighted by Crippen LogP contribution is -2.43. The summed E-state index contributed by atoms with van der Waals surface area (Å²) in [7, 11) is 0. The molecule has 0 saturated heterocycles. The van der Waals surface area contributed by atoms with Crippen molar-refractivity contribution in [1.29, 1.82) is 0 Å². The molecule has 2 rings (SSSR count). The first kappa shape index (κ1) is 17.9. The van der Waals surface area contributed by atoms with Gasteiger partial charge >= 0.3 is 5.97 Å². The number of hydrogen-bond acceptors (Lipinski definition) is 4. The molecule has 1 N–H and O–H groups in total. The summed E-state index contributed by atoms with van der Waals surface area (Å²) in [6.07, 6.45) is 1.50. The van der Waals surface area contributed by atoms with Crippen molar-refractivity contribution in [2.75, 3.05) is 17.5 Å². The lowest BCUT2D eigenvalue weighted by atomic mass is 9.98. The number of fused-ring (bicyclic) bond motifs is 1. The van der Waals surface area contributed by atoms with Crippen molar-refractivity contribution in [2.45, 2.75) is 45.3 Å². The zero-order valence-corrected chi connectivity index (χ0v) is 14.5. The highest BCUT2D eigenvalue weighted by Gasteiger charge is 2.30. The van der Waals surface area contributed by atoms with E-state index in [1.165, 1.54) is 4.31 Å². The summed E-state index contributed by atoms with van der Waals surface area (Å²) in [5, 5.41) is 0. The predicted molar refractivity (Wildman–Crippen MR) is 88.5 cm³/mol. The van der Waals surface area contributed by atoms with Crippen molar-refractivity contribution in [1.82, 2.24) is 0 Å². The molecule has 7 heteroatoms. The van der Waals surface area contributed by atoms with Crippen LogP contribution in [0.5, 0.6) is 0 Å². The third-order valence-electron chi connectivity index (χ3n) is 3.43. The van der Waals surface area contributed by atoms with Gasteiger partial charge in [-0.3, -0.25) is 8.86 Å². The molecule has 6 nitrogen and oxygen atoms in total. The van der Waals surface area contributed by atoms with E-state index in [-0.39, 0.29) is 19.3 Å². The summed E-state index contributed by atoms with van der Waals surface area (Å²) < 4.78 is 33.3. The molecular weight excluding hydrogens is 318 g/mol. The van der Waals surface area contributed by atoms with Crippen LogP contribution in [0.3, 0.4) is 0 Å². The summed E-state index contributed by atoms with van der Waals surface area (Å²) in [6.45, 7) is 5.40. The van der Waals surface area contributed by atoms with E-state index in [0.29, 0.717) is 6.42 Å². The van der Waals surface area contributed by atoms with E-state index in [0.717, 1.165) is 17.7 Å². The molecule has 0 radical (unpaired) electrons. The van der Waals surface area contributed by atoms with Crippen molar-refractivity contribution in [2.24, 2.45) is 0 Å². The Bertz CT molecular complexity index is 584. The molecule has 1 aromatic rings. The predicted octanol–water partition coefficient (Wildman–Crippen LogP) is 2.30. The fourth-order valence-electron chi connectivity index (χ4n) is 2.59. The molecule has 1 aliphatic heterocycles. The van der Waals surface area contributed by atoms with Gasteiger partial charge in [0.1, 0.15) is 12.2 Å². The van der Waals surface area contributed by atoms with E-state index in [4.69, 9.17) is 9.47 Å². The average Bonchev–Trinajstić information content (AvgIpc) is 2.44. The van der Waals surface area contributed by atoms with Crippen LogP contribution >= 0.6 is 0 Å². The van der Waals surface area contributed by atoms with E-state index in [2.05, 4.69) is 0 Å². The fraction of sp³-hybridized carbons (Fsp3) is 0.562. The molecule has 0 aliphatic carbocycles. The van der Waals surface area contributed by atoms with Gasteiger partial charge in [0.05, 0.1) is 18.3 Å². The van der Waals surface area contributed by atoms with Crippen LogP contribution in [0.15, 0.2) is 24.3 Å². The third-order valence-corrected chi connectivity index (χ3v) is 4.26. The molecule has 0 bridgehead atoms. The molecule has 128 valence electrons. The van der Waals surface area contributed by atoms with Crippen LogP contribution in [0.25, 0.3) is 0 Å². The van der Waals surface area contributed by atoms with E-state index in [9.17, 15) is 13.6 Å². The van der Waals surface area contributed by atoms with Crippen molar-refractivity contribution in [3.05, 3.63) is 29.8 Å². The number of rotatable bonds is 5. The number of para-hydroxylation sites is 1. The number of anilines is 1. The normalized spacial score (nSPS) is 19.1. The van der Waals surface area contributed by atoms with Crippen LogP contribution in [0, 0.1) is 0 Å². The average molecular weight is 341 g/mol.